The summed E-state index contributed by atoms with van der Waals surface area (Å²) in [5, 5.41) is 9.19. The number of carboxylic acids is 1. The first-order valence-electron chi connectivity index (χ1n) is 6.25. The normalized spacial score (nSPS) is 11.1. The van der Waals surface area contributed by atoms with E-state index in [9.17, 15) is 9.90 Å². The number of benzene rings is 2. The van der Waals surface area contributed by atoms with Gasteiger partial charge in [-0.15, -0.1) is 0 Å². The minimum Gasteiger partial charge on any atom is -0.478 e. The summed E-state index contributed by atoms with van der Waals surface area (Å²) in [6, 6.07) is 18.9. The predicted octanol–water partition coefficient (Wildman–Crippen LogP) is 3.60. The lowest BCUT2D eigenvalue weighted by molar-refractivity contribution is -0.132. The minimum absolute atomic E-state index is 0.250. The van der Waals surface area contributed by atoms with E-state index >= 15 is 0 Å². The van der Waals surface area contributed by atoms with Gasteiger partial charge < -0.3 is 5.11 Å². The molecule has 0 heterocycles. The van der Waals surface area contributed by atoms with Crippen LogP contribution in [0.25, 0.3) is 5.57 Å². The van der Waals surface area contributed by atoms with Gasteiger partial charge in [-0.25, -0.2) is 4.79 Å². The monoisotopic (exact) mass is 262 g/mol. The van der Waals surface area contributed by atoms with Crippen molar-refractivity contribution in [2.75, 3.05) is 0 Å². The van der Waals surface area contributed by atoms with Gasteiger partial charge in [-0.1, -0.05) is 60.4 Å². The highest BCUT2D eigenvalue weighted by Crippen LogP contribution is 2.18. The first-order chi connectivity index (χ1) is 9.68. The van der Waals surface area contributed by atoms with Crippen LogP contribution in [-0.4, -0.2) is 11.1 Å². The second-order valence-electron chi connectivity index (χ2n) is 4.29. The molecule has 2 aromatic carbocycles. The first kappa shape index (κ1) is 13.6. The summed E-state index contributed by atoms with van der Waals surface area (Å²) in [7, 11) is 0. The van der Waals surface area contributed by atoms with Gasteiger partial charge in [-0.2, -0.15) is 0 Å². The Balaban J connectivity index is 2.48. The Morgan fingerprint density at radius 2 is 1.50 bits per heavy atom. The maximum Gasteiger partial charge on any atom is 0.332 e. The zero-order chi connectivity index (χ0) is 14.4. The van der Waals surface area contributed by atoms with Gasteiger partial charge in [0.1, 0.15) is 0 Å². The fourth-order valence-corrected chi connectivity index (χ4v) is 1.75. The van der Waals surface area contributed by atoms with Gasteiger partial charge in [0.05, 0.1) is 5.57 Å². The van der Waals surface area contributed by atoms with E-state index in [0.29, 0.717) is 5.57 Å². The Bertz CT molecular complexity index is 686. The third-order valence-electron chi connectivity index (χ3n) is 2.86. The molecule has 2 aromatic rings. The Morgan fingerprint density at radius 1 is 0.950 bits per heavy atom. The summed E-state index contributed by atoms with van der Waals surface area (Å²) in [5.41, 5.74) is 2.47. The van der Waals surface area contributed by atoms with Crippen molar-refractivity contribution in [3.63, 3.8) is 0 Å². The van der Waals surface area contributed by atoms with E-state index in [1.165, 1.54) is 0 Å². The molecule has 0 saturated carbocycles. The molecule has 0 spiro atoms. The van der Waals surface area contributed by atoms with Gasteiger partial charge >= 0.3 is 5.97 Å². The van der Waals surface area contributed by atoms with E-state index in [1.807, 2.05) is 60.7 Å². The van der Waals surface area contributed by atoms with Gasteiger partial charge in [0, 0.05) is 11.1 Å². The molecular weight excluding hydrogens is 248 g/mol. The molecule has 0 aliphatic rings. The predicted molar refractivity (Wildman–Crippen MR) is 80.0 cm³/mol. The number of rotatable bonds is 2. The van der Waals surface area contributed by atoms with Gasteiger partial charge in [-0.3, -0.25) is 0 Å². The summed E-state index contributed by atoms with van der Waals surface area (Å²) < 4.78 is 0. The highest BCUT2D eigenvalue weighted by Gasteiger charge is 2.09. The van der Waals surface area contributed by atoms with Crippen molar-refractivity contribution in [3.8, 4) is 11.8 Å². The third-order valence-corrected chi connectivity index (χ3v) is 2.86. The van der Waals surface area contributed by atoms with Crippen molar-refractivity contribution in [3.05, 3.63) is 77.4 Å². The molecule has 0 unspecified atom stereocenters. The SMILES string of the molecule is C/C(C(=O)O)=C(/C#Cc1ccccc1)c1ccccc1. The average molecular weight is 262 g/mol. The van der Waals surface area contributed by atoms with Crippen LogP contribution in [0.1, 0.15) is 18.1 Å². The van der Waals surface area contributed by atoms with Crippen molar-refractivity contribution < 1.29 is 9.90 Å². The van der Waals surface area contributed by atoms with E-state index in [-0.39, 0.29) is 5.57 Å². The molecule has 0 atom stereocenters. The van der Waals surface area contributed by atoms with E-state index < -0.39 is 5.97 Å². The van der Waals surface area contributed by atoms with E-state index in [2.05, 4.69) is 11.8 Å². The van der Waals surface area contributed by atoms with Crippen molar-refractivity contribution in [2.45, 2.75) is 6.92 Å². The molecule has 0 amide bonds. The molecule has 0 saturated heterocycles. The molecule has 0 aliphatic heterocycles. The van der Waals surface area contributed by atoms with Crippen LogP contribution in [0.3, 0.4) is 0 Å². The average Bonchev–Trinajstić information content (AvgIpc) is 2.49. The zero-order valence-corrected chi connectivity index (χ0v) is 11.1. The van der Waals surface area contributed by atoms with Crippen LogP contribution in [0.5, 0.6) is 0 Å². The third kappa shape index (κ3) is 3.37. The molecule has 0 radical (unpaired) electrons. The second-order valence-corrected chi connectivity index (χ2v) is 4.29. The first-order valence-corrected chi connectivity index (χ1v) is 6.25. The Labute approximate surface area is 118 Å². The lowest BCUT2D eigenvalue weighted by Gasteiger charge is -2.03. The molecule has 2 heteroatoms. The molecule has 2 nitrogen and oxygen atoms in total. The van der Waals surface area contributed by atoms with Crippen LogP contribution >= 0.6 is 0 Å². The number of carboxylic acid groups (broad SMARTS) is 1. The van der Waals surface area contributed by atoms with E-state index in [0.717, 1.165) is 11.1 Å². The topological polar surface area (TPSA) is 37.3 Å². The molecule has 1 N–H and O–H groups in total. The van der Waals surface area contributed by atoms with Crippen LogP contribution in [-0.2, 0) is 4.79 Å². The minimum atomic E-state index is -0.953. The highest BCUT2D eigenvalue weighted by atomic mass is 16.4. The van der Waals surface area contributed by atoms with Gasteiger partial charge in [0.2, 0.25) is 0 Å². The largest absolute Gasteiger partial charge is 0.478 e. The maximum absolute atomic E-state index is 11.2. The lowest BCUT2D eigenvalue weighted by atomic mass is 10.0. The standard InChI is InChI=1S/C18H14O2/c1-14(18(19)20)17(16-10-6-3-7-11-16)13-12-15-8-4-2-5-9-15/h2-11H,1H3,(H,19,20)/b17-14+. The van der Waals surface area contributed by atoms with Crippen LogP contribution in [0, 0.1) is 11.8 Å². The summed E-state index contributed by atoms with van der Waals surface area (Å²) in [6.07, 6.45) is 0. The van der Waals surface area contributed by atoms with Crippen LogP contribution in [0.15, 0.2) is 66.2 Å². The van der Waals surface area contributed by atoms with Crippen molar-refractivity contribution >= 4 is 11.5 Å². The maximum atomic E-state index is 11.2. The summed E-state index contributed by atoms with van der Waals surface area (Å²) in [6.45, 7) is 1.57. The van der Waals surface area contributed by atoms with Gasteiger partial charge in [-0.05, 0) is 24.6 Å². The Hall–Kier alpha value is -2.79. The fourth-order valence-electron chi connectivity index (χ4n) is 1.75. The molecule has 98 valence electrons. The summed E-state index contributed by atoms with van der Waals surface area (Å²) in [5.74, 6) is 5.04. The molecule has 2 rings (SSSR count). The van der Waals surface area contributed by atoms with Crippen LogP contribution in [0.2, 0.25) is 0 Å². The second kappa shape index (κ2) is 6.40. The Kier molecular flexibility index (Phi) is 4.36. The summed E-state index contributed by atoms with van der Waals surface area (Å²) >= 11 is 0. The summed E-state index contributed by atoms with van der Waals surface area (Å²) in [4.78, 5) is 11.2. The molecule has 0 aliphatic carbocycles. The lowest BCUT2D eigenvalue weighted by Crippen LogP contribution is -2.00. The Morgan fingerprint density at radius 3 is 2.05 bits per heavy atom. The molecule has 0 bridgehead atoms. The zero-order valence-electron chi connectivity index (χ0n) is 11.1. The van der Waals surface area contributed by atoms with Crippen molar-refractivity contribution in [1.29, 1.82) is 0 Å². The van der Waals surface area contributed by atoms with E-state index in [1.54, 1.807) is 6.92 Å². The van der Waals surface area contributed by atoms with Gasteiger partial charge in [0.15, 0.2) is 0 Å². The molecule has 20 heavy (non-hydrogen) atoms. The van der Waals surface area contributed by atoms with Crippen LogP contribution in [0.4, 0.5) is 0 Å². The molecule has 0 aromatic heterocycles. The van der Waals surface area contributed by atoms with Gasteiger partial charge in [0.25, 0.3) is 0 Å². The quantitative estimate of drug-likeness (QED) is 0.663. The number of hydrogen-bond acceptors (Lipinski definition) is 1. The molecular formula is C18H14O2. The fraction of sp³-hybridized carbons (Fsp3) is 0.0556. The van der Waals surface area contributed by atoms with Crippen LogP contribution < -0.4 is 0 Å². The number of carbonyl (C=O) groups is 1. The molecule has 0 fully saturated rings. The van der Waals surface area contributed by atoms with E-state index in [4.69, 9.17) is 0 Å². The number of aliphatic carboxylic acids is 1. The van der Waals surface area contributed by atoms with Crippen molar-refractivity contribution in [1.82, 2.24) is 0 Å². The smallest absolute Gasteiger partial charge is 0.332 e. The number of allylic oxidation sites excluding steroid dienone is 1. The van der Waals surface area contributed by atoms with Crippen molar-refractivity contribution in [2.24, 2.45) is 0 Å². The highest BCUT2D eigenvalue weighted by molar-refractivity contribution is 6.00. The number of hydrogen-bond donors (Lipinski definition) is 1.